The molecule has 2 saturated heterocycles. The minimum absolute atomic E-state index is 0.217. The van der Waals surface area contributed by atoms with Crippen LogP contribution in [0.4, 0.5) is 5.95 Å². The normalized spacial score (nSPS) is 21.7. The molecule has 0 aromatic carbocycles. The summed E-state index contributed by atoms with van der Waals surface area (Å²) in [6.45, 7) is 3.39. The Bertz CT molecular complexity index is 611. The van der Waals surface area contributed by atoms with Crippen LogP contribution >= 0.6 is 0 Å². The zero-order valence-electron chi connectivity index (χ0n) is 12.5. The molecular formula is C14H18N6O3. The number of aromatic nitrogens is 2. The lowest BCUT2D eigenvalue weighted by molar-refractivity contribution is -0.134. The van der Waals surface area contributed by atoms with Crippen LogP contribution in [0.15, 0.2) is 12.4 Å². The van der Waals surface area contributed by atoms with Crippen molar-refractivity contribution in [1.29, 1.82) is 0 Å². The first-order valence-electron chi connectivity index (χ1n) is 7.56. The minimum Gasteiger partial charge on any atom is -0.340 e. The molecule has 0 radical (unpaired) electrons. The van der Waals surface area contributed by atoms with E-state index in [1.165, 1.54) is 12.4 Å². The molecular weight excluding hydrogens is 300 g/mol. The molecule has 122 valence electrons. The molecule has 1 unspecified atom stereocenters. The van der Waals surface area contributed by atoms with Gasteiger partial charge in [0.25, 0.3) is 5.91 Å². The fraction of sp³-hybridized carbons (Fsp3) is 0.500. The number of carbonyl (C=O) groups is 3. The smallest absolute Gasteiger partial charge is 0.255 e. The van der Waals surface area contributed by atoms with E-state index in [0.717, 1.165) is 26.2 Å². The lowest BCUT2D eigenvalue weighted by Gasteiger charge is -2.27. The molecule has 0 aliphatic carbocycles. The van der Waals surface area contributed by atoms with E-state index in [0.29, 0.717) is 12.4 Å². The van der Waals surface area contributed by atoms with Crippen molar-refractivity contribution in [3.8, 4) is 0 Å². The molecule has 3 amide bonds. The van der Waals surface area contributed by atoms with E-state index in [1.807, 2.05) is 4.90 Å². The Kier molecular flexibility index (Phi) is 4.47. The van der Waals surface area contributed by atoms with Gasteiger partial charge in [-0.2, -0.15) is 0 Å². The Morgan fingerprint density at radius 2 is 1.91 bits per heavy atom. The number of piperazine rings is 1. The third-order valence-electron chi connectivity index (χ3n) is 3.84. The van der Waals surface area contributed by atoms with Gasteiger partial charge in [-0.05, 0) is 6.42 Å². The molecule has 1 aromatic heterocycles. The molecule has 0 spiro atoms. The SMILES string of the molecule is O=C1CCC(NC(=O)c2cnc(N3CCNCC3)nc2)C(=O)N1. The molecule has 0 saturated carbocycles. The van der Waals surface area contributed by atoms with Crippen molar-refractivity contribution >= 4 is 23.7 Å². The van der Waals surface area contributed by atoms with Crippen molar-refractivity contribution in [3.05, 3.63) is 18.0 Å². The fourth-order valence-corrected chi connectivity index (χ4v) is 2.54. The standard InChI is InChI=1S/C14H18N6O3/c21-11-2-1-10(13(23)19-11)18-12(22)9-7-16-14(17-8-9)20-5-3-15-4-6-20/h7-8,10,15H,1-6H2,(H,18,22)(H,19,21,23). The van der Waals surface area contributed by atoms with Gasteiger partial charge in [-0.1, -0.05) is 0 Å². The summed E-state index contributed by atoms with van der Waals surface area (Å²) in [5, 5.41) is 8.04. The number of amides is 3. The topological polar surface area (TPSA) is 116 Å². The number of rotatable bonds is 3. The first kappa shape index (κ1) is 15.3. The Hall–Kier alpha value is -2.55. The van der Waals surface area contributed by atoms with E-state index in [-0.39, 0.29) is 17.9 Å². The predicted molar refractivity (Wildman–Crippen MR) is 80.8 cm³/mol. The number of carbonyl (C=O) groups excluding carboxylic acids is 3. The van der Waals surface area contributed by atoms with Gasteiger partial charge in [0.1, 0.15) is 6.04 Å². The summed E-state index contributed by atoms with van der Waals surface area (Å²) in [5.41, 5.74) is 0.286. The van der Waals surface area contributed by atoms with Gasteiger partial charge in [0.05, 0.1) is 5.56 Å². The molecule has 3 N–H and O–H groups in total. The Morgan fingerprint density at radius 1 is 1.22 bits per heavy atom. The van der Waals surface area contributed by atoms with E-state index in [4.69, 9.17) is 0 Å². The van der Waals surface area contributed by atoms with Crippen LogP contribution in [0.1, 0.15) is 23.2 Å². The average Bonchev–Trinajstić information content (AvgIpc) is 2.58. The van der Waals surface area contributed by atoms with Crippen molar-refractivity contribution in [2.45, 2.75) is 18.9 Å². The van der Waals surface area contributed by atoms with Crippen molar-refractivity contribution in [2.24, 2.45) is 0 Å². The third kappa shape index (κ3) is 3.62. The molecule has 9 heteroatoms. The number of imide groups is 1. The van der Waals surface area contributed by atoms with Crippen LogP contribution < -0.4 is 20.9 Å². The Balaban J connectivity index is 1.61. The second-order valence-electron chi connectivity index (χ2n) is 5.49. The quantitative estimate of drug-likeness (QED) is 0.576. The summed E-state index contributed by atoms with van der Waals surface area (Å²) in [5.74, 6) is -0.632. The highest BCUT2D eigenvalue weighted by atomic mass is 16.2. The van der Waals surface area contributed by atoms with Crippen LogP contribution in [0.5, 0.6) is 0 Å². The maximum absolute atomic E-state index is 12.1. The fourth-order valence-electron chi connectivity index (χ4n) is 2.54. The second kappa shape index (κ2) is 6.69. The van der Waals surface area contributed by atoms with Gasteiger partial charge < -0.3 is 15.5 Å². The summed E-state index contributed by atoms with van der Waals surface area (Å²) in [6, 6.07) is -0.701. The largest absolute Gasteiger partial charge is 0.340 e. The lowest BCUT2D eigenvalue weighted by Crippen LogP contribution is -2.52. The van der Waals surface area contributed by atoms with Gasteiger partial charge >= 0.3 is 0 Å². The Labute approximate surface area is 132 Å². The number of piperidine rings is 1. The van der Waals surface area contributed by atoms with E-state index < -0.39 is 17.9 Å². The lowest BCUT2D eigenvalue weighted by atomic mass is 10.1. The van der Waals surface area contributed by atoms with Crippen molar-refractivity contribution in [3.63, 3.8) is 0 Å². The Morgan fingerprint density at radius 3 is 2.57 bits per heavy atom. The molecule has 2 aliphatic heterocycles. The summed E-state index contributed by atoms with van der Waals surface area (Å²) >= 11 is 0. The van der Waals surface area contributed by atoms with Gasteiger partial charge in [0, 0.05) is 45.0 Å². The van der Waals surface area contributed by atoms with Crippen LogP contribution in [0.3, 0.4) is 0 Å². The zero-order chi connectivity index (χ0) is 16.2. The number of hydrogen-bond donors (Lipinski definition) is 3. The van der Waals surface area contributed by atoms with Gasteiger partial charge in [-0.3, -0.25) is 19.7 Å². The molecule has 23 heavy (non-hydrogen) atoms. The molecule has 3 heterocycles. The molecule has 0 bridgehead atoms. The van der Waals surface area contributed by atoms with Crippen molar-refractivity contribution < 1.29 is 14.4 Å². The maximum atomic E-state index is 12.1. The third-order valence-corrected chi connectivity index (χ3v) is 3.84. The second-order valence-corrected chi connectivity index (χ2v) is 5.49. The number of nitrogens with one attached hydrogen (secondary N) is 3. The van der Waals surface area contributed by atoms with E-state index in [2.05, 4.69) is 25.9 Å². The summed E-state index contributed by atoms with van der Waals surface area (Å²) in [6.07, 6.45) is 3.42. The number of nitrogens with zero attached hydrogens (tertiary/aromatic N) is 3. The maximum Gasteiger partial charge on any atom is 0.255 e. The first-order valence-corrected chi connectivity index (χ1v) is 7.56. The highest BCUT2D eigenvalue weighted by Crippen LogP contribution is 2.09. The predicted octanol–water partition coefficient (Wildman–Crippen LogP) is -1.58. The van der Waals surface area contributed by atoms with Crippen LogP contribution in [0.25, 0.3) is 0 Å². The van der Waals surface area contributed by atoms with E-state index in [9.17, 15) is 14.4 Å². The molecule has 2 fully saturated rings. The first-order chi connectivity index (χ1) is 11.1. The summed E-state index contributed by atoms with van der Waals surface area (Å²) < 4.78 is 0. The zero-order valence-corrected chi connectivity index (χ0v) is 12.5. The minimum atomic E-state index is -0.701. The molecule has 2 aliphatic rings. The van der Waals surface area contributed by atoms with Crippen LogP contribution in [-0.2, 0) is 9.59 Å². The molecule has 9 nitrogen and oxygen atoms in total. The molecule has 1 aromatic rings. The van der Waals surface area contributed by atoms with E-state index >= 15 is 0 Å². The molecule has 3 rings (SSSR count). The van der Waals surface area contributed by atoms with Crippen molar-refractivity contribution in [1.82, 2.24) is 25.9 Å². The van der Waals surface area contributed by atoms with Gasteiger partial charge in [-0.15, -0.1) is 0 Å². The van der Waals surface area contributed by atoms with Crippen LogP contribution in [0.2, 0.25) is 0 Å². The van der Waals surface area contributed by atoms with Crippen LogP contribution in [0, 0.1) is 0 Å². The monoisotopic (exact) mass is 318 g/mol. The highest BCUT2D eigenvalue weighted by molar-refractivity contribution is 6.03. The van der Waals surface area contributed by atoms with E-state index in [1.54, 1.807) is 0 Å². The number of hydrogen-bond acceptors (Lipinski definition) is 7. The summed E-state index contributed by atoms with van der Waals surface area (Å²) in [4.78, 5) is 45.4. The number of anilines is 1. The van der Waals surface area contributed by atoms with Crippen molar-refractivity contribution in [2.75, 3.05) is 31.1 Å². The average molecular weight is 318 g/mol. The summed E-state index contributed by atoms with van der Waals surface area (Å²) in [7, 11) is 0. The van der Waals surface area contributed by atoms with Gasteiger partial charge in [0.2, 0.25) is 17.8 Å². The highest BCUT2D eigenvalue weighted by Gasteiger charge is 2.28. The van der Waals surface area contributed by atoms with Gasteiger partial charge in [0.15, 0.2) is 0 Å². The van der Waals surface area contributed by atoms with Crippen LogP contribution in [-0.4, -0.2) is 59.9 Å². The van der Waals surface area contributed by atoms with Gasteiger partial charge in [-0.25, -0.2) is 9.97 Å². The molecule has 1 atom stereocenters.